The Kier molecular flexibility index (Phi) is 6.68. The van der Waals surface area contributed by atoms with E-state index in [4.69, 9.17) is 14.0 Å². The topological polar surface area (TPSA) is 121 Å². The maximum Gasteiger partial charge on any atom is 0.315 e. The van der Waals surface area contributed by atoms with E-state index in [1.165, 1.54) is 19.2 Å². The molecular formula is C20H21N3O6S. The van der Waals surface area contributed by atoms with Gasteiger partial charge in [0.2, 0.25) is 0 Å². The van der Waals surface area contributed by atoms with Gasteiger partial charge in [-0.1, -0.05) is 23.4 Å². The molecule has 1 N–H and O–H groups in total. The van der Waals surface area contributed by atoms with Crippen LogP contribution in [0, 0.1) is 0 Å². The fourth-order valence-corrected chi connectivity index (χ4v) is 3.95. The van der Waals surface area contributed by atoms with Crippen LogP contribution in [0.3, 0.4) is 0 Å². The summed E-state index contributed by atoms with van der Waals surface area (Å²) in [6.07, 6.45) is 0.0255. The van der Waals surface area contributed by atoms with Crippen molar-refractivity contribution in [3.8, 4) is 11.5 Å². The maximum atomic E-state index is 12.3. The molecule has 0 aliphatic carbocycles. The Morgan fingerprint density at radius 2 is 1.87 bits per heavy atom. The number of sulfone groups is 1. The minimum atomic E-state index is -3.48. The molecule has 158 valence electrons. The van der Waals surface area contributed by atoms with Crippen molar-refractivity contribution in [2.24, 2.45) is 0 Å². The van der Waals surface area contributed by atoms with Crippen LogP contribution < -0.4 is 14.8 Å². The summed E-state index contributed by atoms with van der Waals surface area (Å²) in [6.45, 7) is 0.152. The predicted octanol–water partition coefficient (Wildman–Crippen LogP) is 2.03. The van der Waals surface area contributed by atoms with Gasteiger partial charge in [-0.3, -0.25) is 4.79 Å². The van der Waals surface area contributed by atoms with Crippen molar-refractivity contribution in [1.29, 1.82) is 0 Å². The number of carbonyl (C=O) groups is 1. The summed E-state index contributed by atoms with van der Waals surface area (Å²) in [4.78, 5) is 16.5. The largest absolute Gasteiger partial charge is 0.497 e. The Balaban J connectivity index is 1.60. The lowest BCUT2D eigenvalue weighted by atomic mass is 10.2. The molecule has 30 heavy (non-hydrogen) atoms. The summed E-state index contributed by atoms with van der Waals surface area (Å²) in [5, 5.41) is 6.36. The second kappa shape index (κ2) is 9.40. The highest BCUT2D eigenvalue weighted by molar-refractivity contribution is 7.91. The number of rotatable bonds is 9. The van der Waals surface area contributed by atoms with E-state index in [9.17, 15) is 13.2 Å². The second-order valence-electron chi connectivity index (χ2n) is 6.26. The standard InChI is InChI=1S/C20H21N3O6S/c1-27-15-8-9-17(28-2)14(12-15)13-21-19(24)20-22-18(23-29-20)10-11-30(25,26)16-6-4-3-5-7-16/h3-9,12H,10-11,13H2,1-2H3,(H,21,24). The van der Waals surface area contributed by atoms with Crippen molar-refractivity contribution in [2.75, 3.05) is 20.0 Å². The number of nitrogens with zero attached hydrogens (tertiary/aromatic N) is 2. The van der Waals surface area contributed by atoms with Crippen molar-refractivity contribution in [2.45, 2.75) is 17.9 Å². The first-order valence-corrected chi connectivity index (χ1v) is 10.7. The van der Waals surface area contributed by atoms with E-state index < -0.39 is 15.7 Å². The predicted molar refractivity (Wildman–Crippen MR) is 107 cm³/mol. The van der Waals surface area contributed by atoms with Crippen LogP contribution in [-0.4, -0.2) is 44.4 Å². The van der Waals surface area contributed by atoms with Crippen molar-refractivity contribution in [1.82, 2.24) is 15.5 Å². The molecule has 0 unspecified atom stereocenters. The molecule has 3 aromatic rings. The zero-order valence-corrected chi connectivity index (χ0v) is 17.3. The third-order valence-corrected chi connectivity index (χ3v) is 6.02. The van der Waals surface area contributed by atoms with E-state index in [0.29, 0.717) is 17.1 Å². The molecule has 0 radical (unpaired) electrons. The van der Waals surface area contributed by atoms with Gasteiger partial charge < -0.3 is 19.3 Å². The summed E-state index contributed by atoms with van der Waals surface area (Å²) >= 11 is 0. The number of amides is 1. The Hall–Kier alpha value is -3.40. The minimum absolute atomic E-state index is 0.0255. The van der Waals surface area contributed by atoms with E-state index in [0.717, 1.165) is 0 Å². The summed E-state index contributed by atoms with van der Waals surface area (Å²) < 4.78 is 40.1. The quantitative estimate of drug-likeness (QED) is 0.546. The lowest BCUT2D eigenvalue weighted by Crippen LogP contribution is -2.23. The van der Waals surface area contributed by atoms with Crippen LogP contribution in [0.4, 0.5) is 0 Å². The molecule has 1 aromatic heterocycles. The first-order chi connectivity index (χ1) is 14.4. The van der Waals surface area contributed by atoms with Gasteiger partial charge in [0, 0.05) is 18.5 Å². The third-order valence-electron chi connectivity index (χ3n) is 4.29. The first kappa shape index (κ1) is 21.3. The molecule has 0 atom stereocenters. The number of nitrogens with one attached hydrogen (secondary N) is 1. The molecule has 3 rings (SSSR count). The van der Waals surface area contributed by atoms with Gasteiger partial charge in [-0.25, -0.2) is 8.42 Å². The SMILES string of the molecule is COc1ccc(OC)c(CNC(=O)c2nc(CCS(=O)(=O)c3ccccc3)no2)c1. The Bertz CT molecular complexity index is 1110. The van der Waals surface area contributed by atoms with Gasteiger partial charge >= 0.3 is 11.8 Å². The molecule has 0 aliphatic heterocycles. The first-order valence-electron chi connectivity index (χ1n) is 9.02. The van der Waals surface area contributed by atoms with Crippen LogP contribution in [0.2, 0.25) is 0 Å². The number of hydrogen-bond acceptors (Lipinski definition) is 8. The normalized spacial score (nSPS) is 11.1. The molecule has 1 heterocycles. The lowest BCUT2D eigenvalue weighted by molar-refractivity contribution is 0.0906. The van der Waals surface area contributed by atoms with Gasteiger partial charge in [0.05, 0.1) is 24.9 Å². The fraction of sp³-hybridized carbons (Fsp3) is 0.250. The molecule has 0 fully saturated rings. The van der Waals surface area contributed by atoms with E-state index in [1.807, 2.05) is 0 Å². The molecule has 0 bridgehead atoms. The van der Waals surface area contributed by atoms with Gasteiger partial charge in [0.1, 0.15) is 11.5 Å². The number of hydrogen-bond donors (Lipinski definition) is 1. The van der Waals surface area contributed by atoms with Gasteiger partial charge in [-0.15, -0.1) is 0 Å². The summed E-state index contributed by atoms with van der Waals surface area (Å²) in [5.41, 5.74) is 0.707. The average Bonchev–Trinajstić information content (AvgIpc) is 3.26. The van der Waals surface area contributed by atoms with Crippen LogP contribution >= 0.6 is 0 Å². The monoisotopic (exact) mass is 431 g/mol. The van der Waals surface area contributed by atoms with Crippen LogP contribution in [-0.2, 0) is 22.8 Å². The molecule has 0 aliphatic rings. The molecule has 0 spiro atoms. The fourth-order valence-electron chi connectivity index (χ4n) is 2.69. The highest BCUT2D eigenvalue weighted by Gasteiger charge is 2.19. The maximum absolute atomic E-state index is 12.3. The Labute approximate surface area is 173 Å². The third kappa shape index (κ3) is 5.15. The smallest absolute Gasteiger partial charge is 0.315 e. The van der Waals surface area contributed by atoms with Gasteiger partial charge in [-0.2, -0.15) is 4.98 Å². The minimum Gasteiger partial charge on any atom is -0.497 e. The van der Waals surface area contributed by atoms with Crippen molar-refractivity contribution < 1.29 is 27.2 Å². The van der Waals surface area contributed by atoms with Crippen molar-refractivity contribution in [3.05, 3.63) is 65.8 Å². The summed E-state index contributed by atoms with van der Waals surface area (Å²) in [6, 6.07) is 13.3. The molecule has 0 saturated carbocycles. The zero-order valence-electron chi connectivity index (χ0n) is 16.5. The van der Waals surface area contributed by atoms with Crippen molar-refractivity contribution >= 4 is 15.7 Å². The van der Waals surface area contributed by atoms with Crippen molar-refractivity contribution in [3.63, 3.8) is 0 Å². The molecule has 2 aromatic carbocycles. The number of aryl methyl sites for hydroxylation is 1. The number of methoxy groups -OCH3 is 2. The molecule has 9 nitrogen and oxygen atoms in total. The van der Waals surface area contributed by atoms with Crippen LogP contribution in [0.15, 0.2) is 57.9 Å². The van der Waals surface area contributed by atoms with Gasteiger partial charge in [0.25, 0.3) is 0 Å². The number of benzene rings is 2. The van der Waals surface area contributed by atoms with E-state index >= 15 is 0 Å². The molecule has 1 amide bonds. The lowest BCUT2D eigenvalue weighted by Gasteiger charge is -2.10. The molecule has 10 heteroatoms. The molecular weight excluding hydrogens is 410 g/mol. The molecule has 0 saturated heterocycles. The summed E-state index contributed by atoms with van der Waals surface area (Å²) in [7, 11) is -0.406. The Morgan fingerprint density at radius 1 is 1.10 bits per heavy atom. The van der Waals surface area contributed by atoms with E-state index in [1.54, 1.807) is 43.5 Å². The zero-order chi connectivity index (χ0) is 21.6. The summed E-state index contributed by atoms with van der Waals surface area (Å²) in [5.74, 6) is 0.332. The highest BCUT2D eigenvalue weighted by Crippen LogP contribution is 2.23. The van der Waals surface area contributed by atoms with Gasteiger partial charge in [-0.05, 0) is 30.3 Å². The number of ether oxygens (including phenoxy) is 2. The Morgan fingerprint density at radius 3 is 2.57 bits per heavy atom. The van der Waals surface area contributed by atoms with E-state index in [-0.39, 0.29) is 35.3 Å². The number of carbonyl (C=O) groups excluding carboxylic acids is 1. The van der Waals surface area contributed by atoms with Crippen LogP contribution in [0.1, 0.15) is 22.1 Å². The van der Waals surface area contributed by atoms with Crippen LogP contribution in [0.5, 0.6) is 11.5 Å². The van der Waals surface area contributed by atoms with E-state index in [2.05, 4.69) is 15.5 Å². The number of aromatic nitrogens is 2. The van der Waals surface area contributed by atoms with Gasteiger partial charge in [0.15, 0.2) is 15.7 Å². The highest BCUT2D eigenvalue weighted by atomic mass is 32.2. The second-order valence-corrected chi connectivity index (χ2v) is 8.37. The van der Waals surface area contributed by atoms with Crippen LogP contribution in [0.25, 0.3) is 0 Å². The average molecular weight is 431 g/mol.